The maximum Gasteiger partial charge on any atom is 0.166 e. The molecule has 2 aromatic carbocycles. The van der Waals surface area contributed by atoms with Gasteiger partial charge in [0.2, 0.25) is 0 Å². The van der Waals surface area contributed by atoms with Gasteiger partial charge in [-0.25, -0.2) is 9.37 Å². The normalized spacial score (nSPS) is 14.5. The molecule has 0 saturated carbocycles. The molecule has 0 radical (unpaired) electrons. The molecule has 1 heterocycles. The number of aryl methyl sites for hydroxylation is 1. The highest BCUT2D eigenvalue weighted by atomic mass is 35.5. The molecule has 3 nitrogen and oxygen atoms in total. The second-order valence-electron chi connectivity index (χ2n) is 7.26. The Morgan fingerprint density at radius 3 is 2.83 bits per heavy atom. The van der Waals surface area contributed by atoms with Crippen molar-refractivity contribution in [3.8, 4) is 5.75 Å². The monoisotopic (exact) mass is 408 g/mol. The number of hydrogen-bond donors (Lipinski definition) is 1. The van der Waals surface area contributed by atoms with Crippen LogP contribution in [-0.2, 0) is 6.42 Å². The van der Waals surface area contributed by atoms with Crippen molar-refractivity contribution in [2.75, 3.05) is 5.73 Å². The number of ether oxygens (including phenoxy) is 1. The molecular formula is C24H22ClFN2O. The Kier molecular flexibility index (Phi) is 5.54. The Bertz CT molecular complexity index is 1080. The Labute approximate surface area is 175 Å². The molecule has 0 fully saturated rings. The number of rotatable bonds is 4. The Hall–Kier alpha value is -2.85. The second kappa shape index (κ2) is 8.26. The fourth-order valence-corrected chi connectivity index (χ4v) is 3.94. The molecule has 2 N–H and O–H groups in total. The fourth-order valence-electron chi connectivity index (χ4n) is 3.66. The van der Waals surface area contributed by atoms with Gasteiger partial charge in [-0.05, 0) is 72.7 Å². The van der Waals surface area contributed by atoms with E-state index >= 15 is 0 Å². The third kappa shape index (κ3) is 4.28. The molecular weight excluding hydrogens is 387 g/mol. The van der Waals surface area contributed by atoms with Crippen molar-refractivity contribution in [1.29, 1.82) is 0 Å². The maximum absolute atomic E-state index is 13.6. The predicted molar refractivity (Wildman–Crippen MR) is 116 cm³/mol. The lowest BCUT2D eigenvalue weighted by Crippen LogP contribution is -2.07. The van der Waals surface area contributed by atoms with Crippen LogP contribution in [0.5, 0.6) is 5.75 Å². The summed E-state index contributed by atoms with van der Waals surface area (Å²) in [4.78, 5) is 4.33. The summed E-state index contributed by atoms with van der Waals surface area (Å²) in [6.45, 7) is 1.81. The van der Waals surface area contributed by atoms with Crippen molar-refractivity contribution in [3.63, 3.8) is 0 Å². The van der Waals surface area contributed by atoms with Gasteiger partial charge < -0.3 is 10.5 Å². The van der Waals surface area contributed by atoms with E-state index in [9.17, 15) is 4.39 Å². The number of nitrogens with two attached hydrogens (primary N) is 1. The van der Waals surface area contributed by atoms with Gasteiger partial charge in [-0.1, -0.05) is 41.9 Å². The standard InChI is InChI=1S/C24H22ClFN2O/c1-15(21-13-20(26)9-10-22(21)25)29-23-12-19(14-28-24(23)27)18-8-4-7-16-5-2-3-6-17(16)11-18/h2-3,5-6,9-15H,4,7-8H2,1H3,(H2,27,28). The van der Waals surface area contributed by atoms with Crippen molar-refractivity contribution in [2.24, 2.45) is 0 Å². The summed E-state index contributed by atoms with van der Waals surface area (Å²) in [5, 5.41) is 0.449. The molecule has 0 bridgehead atoms. The van der Waals surface area contributed by atoms with Crippen molar-refractivity contribution in [2.45, 2.75) is 32.3 Å². The molecule has 5 heteroatoms. The van der Waals surface area contributed by atoms with Crippen molar-refractivity contribution in [1.82, 2.24) is 4.98 Å². The molecule has 1 unspecified atom stereocenters. The number of anilines is 1. The summed E-state index contributed by atoms with van der Waals surface area (Å²) < 4.78 is 19.7. The van der Waals surface area contributed by atoms with Gasteiger partial charge in [-0.2, -0.15) is 0 Å². The zero-order chi connectivity index (χ0) is 20.4. The lowest BCUT2D eigenvalue weighted by atomic mass is 10.0. The highest BCUT2D eigenvalue weighted by Crippen LogP contribution is 2.34. The average molecular weight is 409 g/mol. The largest absolute Gasteiger partial charge is 0.482 e. The second-order valence-corrected chi connectivity index (χ2v) is 7.66. The molecule has 0 saturated heterocycles. The van der Waals surface area contributed by atoms with E-state index in [2.05, 4.69) is 35.3 Å². The van der Waals surface area contributed by atoms with E-state index in [1.807, 2.05) is 13.0 Å². The van der Waals surface area contributed by atoms with Crippen LogP contribution in [0.25, 0.3) is 11.6 Å². The first kappa shape index (κ1) is 19.5. The van der Waals surface area contributed by atoms with Crippen molar-refractivity contribution >= 4 is 29.1 Å². The summed E-state index contributed by atoms with van der Waals surface area (Å²) in [6, 6.07) is 14.6. The van der Waals surface area contributed by atoms with Gasteiger partial charge in [0.05, 0.1) is 0 Å². The summed E-state index contributed by atoms with van der Waals surface area (Å²) in [5.74, 6) is 0.401. The quantitative estimate of drug-likeness (QED) is 0.537. The number of nitrogens with zero attached hydrogens (tertiary/aromatic N) is 1. The van der Waals surface area contributed by atoms with Gasteiger partial charge in [-0.3, -0.25) is 0 Å². The number of fused-ring (bicyclic) bond motifs is 1. The number of allylic oxidation sites excluding steroid dienone is 1. The van der Waals surface area contributed by atoms with Crippen LogP contribution in [0.15, 0.2) is 54.7 Å². The lowest BCUT2D eigenvalue weighted by Gasteiger charge is -2.18. The van der Waals surface area contributed by atoms with Crippen LogP contribution >= 0.6 is 11.6 Å². The van der Waals surface area contributed by atoms with Crippen LogP contribution in [0.2, 0.25) is 5.02 Å². The third-order valence-corrected chi connectivity index (χ3v) is 5.57. The Balaban J connectivity index is 1.64. The number of aromatic nitrogens is 1. The smallest absolute Gasteiger partial charge is 0.166 e. The highest BCUT2D eigenvalue weighted by Gasteiger charge is 2.17. The zero-order valence-corrected chi connectivity index (χ0v) is 16.9. The SMILES string of the molecule is CC(Oc1cc(C2=Cc3ccccc3CCC2)cnc1N)c1cc(F)ccc1Cl. The van der Waals surface area contributed by atoms with E-state index in [1.165, 1.54) is 34.9 Å². The number of nitrogen functional groups attached to an aromatic ring is 1. The molecule has 0 spiro atoms. The molecule has 148 valence electrons. The van der Waals surface area contributed by atoms with E-state index in [4.69, 9.17) is 22.1 Å². The topological polar surface area (TPSA) is 48.1 Å². The molecule has 4 rings (SSSR count). The third-order valence-electron chi connectivity index (χ3n) is 5.23. The van der Waals surface area contributed by atoms with E-state index in [1.54, 1.807) is 6.20 Å². The maximum atomic E-state index is 13.6. The van der Waals surface area contributed by atoms with E-state index in [0.717, 1.165) is 24.8 Å². The molecule has 0 amide bonds. The summed E-state index contributed by atoms with van der Waals surface area (Å²) in [7, 11) is 0. The first-order chi connectivity index (χ1) is 14.0. The molecule has 1 aliphatic carbocycles. The minimum absolute atomic E-state index is 0.294. The molecule has 1 aromatic heterocycles. The highest BCUT2D eigenvalue weighted by molar-refractivity contribution is 6.31. The van der Waals surface area contributed by atoms with Crippen LogP contribution in [0.3, 0.4) is 0 Å². The zero-order valence-electron chi connectivity index (χ0n) is 16.2. The lowest BCUT2D eigenvalue weighted by molar-refractivity contribution is 0.227. The van der Waals surface area contributed by atoms with Crippen LogP contribution in [0.4, 0.5) is 10.2 Å². The van der Waals surface area contributed by atoms with Gasteiger partial charge in [0, 0.05) is 16.8 Å². The fraction of sp³-hybridized carbons (Fsp3) is 0.208. The Morgan fingerprint density at radius 1 is 1.14 bits per heavy atom. The van der Waals surface area contributed by atoms with Gasteiger partial charge in [0.25, 0.3) is 0 Å². The van der Waals surface area contributed by atoms with Crippen LogP contribution in [-0.4, -0.2) is 4.98 Å². The molecule has 29 heavy (non-hydrogen) atoms. The van der Waals surface area contributed by atoms with E-state index in [-0.39, 0.29) is 5.82 Å². The van der Waals surface area contributed by atoms with Crippen molar-refractivity contribution in [3.05, 3.63) is 87.8 Å². The van der Waals surface area contributed by atoms with Crippen LogP contribution in [0.1, 0.15) is 48.1 Å². The van der Waals surface area contributed by atoms with Gasteiger partial charge in [0.1, 0.15) is 11.9 Å². The molecule has 0 aliphatic heterocycles. The minimum atomic E-state index is -0.471. The first-order valence-electron chi connectivity index (χ1n) is 9.67. The van der Waals surface area contributed by atoms with Crippen LogP contribution in [0, 0.1) is 5.82 Å². The number of pyridine rings is 1. The number of halogens is 2. The molecule has 1 atom stereocenters. The average Bonchev–Trinajstić information content (AvgIpc) is 2.94. The Morgan fingerprint density at radius 2 is 1.97 bits per heavy atom. The summed E-state index contributed by atoms with van der Waals surface area (Å²) in [5.41, 5.74) is 11.4. The summed E-state index contributed by atoms with van der Waals surface area (Å²) >= 11 is 6.21. The number of benzene rings is 2. The molecule has 3 aromatic rings. The predicted octanol–water partition coefficient (Wildman–Crippen LogP) is 6.47. The van der Waals surface area contributed by atoms with E-state index < -0.39 is 6.10 Å². The van der Waals surface area contributed by atoms with Crippen LogP contribution < -0.4 is 10.5 Å². The minimum Gasteiger partial charge on any atom is -0.482 e. The summed E-state index contributed by atoms with van der Waals surface area (Å²) in [6.07, 6.45) is 6.59. The van der Waals surface area contributed by atoms with Gasteiger partial charge in [-0.15, -0.1) is 0 Å². The molecule has 1 aliphatic rings. The number of hydrogen-bond acceptors (Lipinski definition) is 3. The van der Waals surface area contributed by atoms with E-state index in [0.29, 0.717) is 22.2 Å². The first-order valence-corrected chi connectivity index (χ1v) is 10.0. The van der Waals surface area contributed by atoms with Crippen molar-refractivity contribution < 1.29 is 9.13 Å². The van der Waals surface area contributed by atoms with Gasteiger partial charge in [0.15, 0.2) is 11.6 Å². The van der Waals surface area contributed by atoms with Gasteiger partial charge >= 0.3 is 0 Å².